The number of carbonyl (C=O) groups excluding carboxylic acids is 1. The van der Waals surface area contributed by atoms with Crippen molar-refractivity contribution in [2.24, 2.45) is 5.92 Å². The first-order valence-corrected chi connectivity index (χ1v) is 12.4. The molecule has 1 aromatic carbocycles. The molecule has 0 spiro atoms. The fourth-order valence-electron chi connectivity index (χ4n) is 4.34. The van der Waals surface area contributed by atoms with Crippen molar-refractivity contribution < 1.29 is 19.1 Å². The molecule has 0 unspecified atom stereocenters. The maximum atomic E-state index is 12.5. The molecule has 33 heavy (non-hydrogen) atoms. The van der Waals surface area contributed by atoms with Crippen molar-refractivity contribution in [1.29, 1.82) is 0 Å². The zero-order valence-electron chi connectivity index (χ0n) is 18.0. The van der Waals surface area contributed by atoms with Gasteiger partial charge < -0.3 is 14.3 Å². The number of hydrogen-bond donors (Lipinski definition) is 1. The van der Waals surface area contributed by atoms with E-state index in [2.05, 4.69) is 30.9 Å². The van der Waals surface area contributed by atoms with Crippen molar-refractivity contribution in [2.75, 3.05) is 19.7 Å². The molecule has 1 fully saturated rings. The van der Waals surface area contributed by atoms with Crippen molar-refractivity contribution in [3.05, 3.63) is 57.6 Å². The maximum absolute atomic E-state index is 12.5. The molecule has 0 amide bonds. The lowest BCUT2D eigenvalue weighted by atomic mass is 9.94. The van der Waals surface area contributed by atoms with Gasteiger partial charge in [-0.3, -0.25) is 9.69 Å². The van der Waals surface area contributed by atoms with Gasteiger partial charge in [0.15, 0.2) is 5.76 Å². The zero-order chi connectivity index (χ0) is 22.9. The SMILES string of the molecule is CCOC(=O)[C@@H]1CCCN([C@H](c2cccc(Br)c2)c2sc3nc(-c4ccco4)nn3c2O)C1. The first-order valence-electron chi connectivity index (χ1n) is 10.8. The van der Waals surface area contributed by atoms with E-state index < -0.39 is 0 Å². The molecule has 8 nitrogen and oxygen atoms in total. The molecule has 1 aliphatic rings. The Morgan fingerprint density at radius 2 is 2.27 bits per heavy atom. The van der Waals surface area contributed by atoms with Crippen LogP contribution in [0.4, 0.5) is 0 Å². The number of nitrogens with zero attached hydrogens (tertiary/aromatic N) is 4. The van der Waals surface area contributed by atoms with Gasteiger partial charge in [0.05, 0.1) is 29.7 Å². The summed E-state index contributed by atoms with van der Waals surface area (Å²) >= 11 is 4.96. The molecular weight excluding hydrogens is 508 g/mol. The Bertz CT molecular complexity index is 1270. The van der Waals surface area contributed by atoms with Crippen LogP contribution in [-0.4, -0.2) is 50.3 Å². The Morgan fingerprint density at radius 3 is 3.00 bits per heavy atom. The van der Waals surface area contributed by atoms with Gasteiger partial charge in [-0.15, -0.1) is 5.10 Å². The van der Waals surface area contributed by atoms with E-state index in [0.717, 1.165) is 34.3 Å². The summed E-state index contributed by atoms with van der Waals surface area (Å²) in [4.78, 5) is 20.6. The van der Waals surface area contributed by atoms with Gasteiger partial charge in [0, 0.05) is 11.0 Å². The third kappa shape index (κ3) is 4.30. The van der Waals surface area contributed by atoms with Crippen molar-refractivity contribution in [2.45, 2.75) is 25.8 Å². The largest absolute Gasteiger partial charge is 0.492 e. The number of halogens is 1. The summed E-state index contributed by atoms with van der Waals surface area (Å²) in [6.45, 7) is 3.56. The molecule has 2 atom stereocenters. The average molecular weight is 531 g/mol. The standard InChI is InChI=1S/C23H23BrN4O4S/c1-2-31-22(30)15-7-4-10-27(13-15)18(14-6-3-8-16(24)12-14)19-21(29)28-23(33-19)25-20(26-28)17-9-5-11-32-17/h3,5-6,8-9,11-12,15,18,29H,2,4,7,10,13H2,1H3/t15-,18-/m1/s1. The molecule has 5 rings (SSSR count). The number of thiazole rings is 1. The lowest BCUT2D eigenvalue weighted by Gasteiger charge is -2.37. The lowest BCUT2D eigenvalue weighted by molar-refractivity contribution is -0.150. The fraction of sp³-hybridized carbons (Fsp3) is 0.348. The number of carbonyl (C=O) groups is 1. The number of aromatic hydroxyl groups is 1. The average Bonchev–Trinajstić information content (AvgIpc) is 3.54. The number of furan rings is 1. The molecule has 172 valence electrons. The molecule has 10 heteroatoms. The predicted molar refractivity (Wildman–Crippen MR) is 127 cm³/mol. The molecule has 0 saturated carbocycles. The zero-order valence-corrected chi connectivity index (χ0v) is 20.4. The minimum Gasteiger partial charge on any atom is -0.492 e. The molecule has 1 saturated heterocycles. The van der Waals surface area contributed by atoms with Gasteiger partial charge in [0.2, 0.25) is 16.7 Å². The van der Waals surface area contributed by atoms with Crippen molar-refractivity contribution >= 4 is 38.2 Å². The molecule has 4 heterocycles. The van der Waals surface area contributed by atoms with Crippen molar-refractivity contribution in [3.8, 4) is 17.5 Å². The third-order valence-electron chi connectivity index (χ3n) is 5.79. The molecule has 1 N–H and O–H groups in total. The molecule has 4 aromatic rings. The van der Waals surface area contributed by atoms with Crippen LogP contribution in [0.5, 0.6) is 5.88 Å². The number of piperidine rings is 1. The van der Waals surface area contributed by atoms with Crippen LogP contribution in [0.25, 0.3) is 16.5 Å². The third-order valence-corrected chi connectivity index (χ3v) is 7.36. The second-order valence-corrected chi connectivity index (χ2v) is 9.87. The lowest BCUT2D eigenvalue weighted by Crippen LogP contribution is -2.41. The van der Waals surface area contributed by atoms with Crippen LogP contribution in [-0.2, 0) is 9.53 Å². The van der Waals surface area contributed by atoms with Gasteiger partial charge >= 0.3 is 5.97 Å². The van der Waals surface area contributed by atoms with E-state index >= 15 is 0 Å². The first kappa shape index (κ1) is 22.1. The summed E-state index contributed by atoms with van der Waals surface area (Å²) in [7, 11) is 0. The molecule has 0 radical (unpaired) electrons. The van der Waals surface area contributed by atoms with Crippen molar-refractivity contribution in [3.63, 3.8) is 0 Å². The topological polar surface area (TPSA) is 93.1 Å². The summed E-state index contributed by atoms with van der Waals surface area (Å²) in [6.07, 6.45) is 3.24. The first-order chi connectivity index (χ1) is 16.0. The fourth-order valence-corrected chi connectivity index (χ4v) is 5.87. The monoisotopic (exact) mass is 530 g/mol. The van der Waals surface area contributed by atoms with Crippen LogP contribution >= 0.6 is 27.3 Å². The van der Waals surface area contributed by atoms with Gasteiger partial charge in [0.25, 0.3) is 0 Å². The Hall–Kier alpha value is -2.69. The van der Waals surface area contributed by atoms with Gasteiger partial charge in [-0.25, -0.2) is 0 Å². The summed E-state index contributed by atoms with van der Waals surface area (Å²) in [5, 5.41) is 15.7. The van der Waals surface area contributed by atoms with Gasteiger partial charge in [-0.2, -0.15) is 9.50 Å². The minimum absolute atomic E-state index is 0.0449. The van der Waals surface area contributed by atoms with Crippen LogP contribution in [0.1, 0.15) is 36.2 Å². The number of ether oxygens (including phenoxy) is 1. The van der Waals surface area contributed by atoms with E-state index in [1.165, 1.54) is 15.9 Å². The number of likely N-dealkylation sites (tertiary alicyclic amines) is 1. The quantitative estimate of drug-likeness (QED) is 0.355. The van der Waals surface area contributed by atoms with E-state index in [-0.39, 0.29) is 23.8 Å². The number of hydrogen-bond acceptors (Lipinski definition) is 8. The van der Waals surface area contributed by atoms with E-state index in [0.29, 0.717) is 29.7 Å². The summed E-state index contributed by atoms with van der Waals surface area (Å²) < 4.78 is 13.1. The molecular formula is C23H23BrN4O4S. The molecule has 0 bridgehead atoms. The summed E-state index contributed by atoms with van der Waals surface area (Å²) in [6, 6.07) is 11.3. The van der Waals surface area contributed by atoms with E-state index in [1.807, 2.05) is 31.2 Å². The highest BCUT2D eigenvalue weighted by atomic mass is 79.9. The van der Waals surface area contributed by atoms with Crippen LogP contribution in [0.3, 0.4) is 0 Å². The van der Waals surface area contributed by atoms with Crippen LogP contribution in [0.15, 0.2) is 51.6 Å². The highest BCUT2D eigenvalue weighted by Gasteiger charge is 2.35. The number of rotatable bonds is 6. The highest BCUT2D eigenvalue weighted by molar-refractivity contribution is 9.10. The Balaban J connectivity index is 1.55. The minimum atomic E-state index is -0.250. The van der Waals surface area contributed by atoms with Crippen LogP contribution < -0.4 is 0 Å². The van der Waals surface area contributed by atoms with Crippen molar-refractivity contribution in [1.82, 2.24) is 19.5 Å². The van der Waals surface area contributed by atoms with Gasteiger partial charge in [-0.1, -0.05) is 39.4 Å². The Kier molecular flexibility index (Phi) is 6.22. The summed E-state index contributed by atoms with van der Waals surface area (Å²) in [5.74, 6) is 0.660. The number of esters is 1. The van der Waals surface area contributed by atoms with E-state index in [4.69, 9.17) is 9.15 Å². The second-order valence-electron chi connectivity index (χ2n) is 7.94. The molecule has 1 aliphatic heterocycles. The van der Waals surface area contributed by atoms with Crippen LogP contribution in [0.2, 0.25) is 0 Å². The highest BCUT2D eigenvalue weighted by Crippen LogP contribution is 2.42. The smallest absolute Gasteiger partial charge is 0.310 e. The van der Waals surface area contributed by atoms with Crippen LogP contribution in [0, 0.1) is 5.92 Å². The van der Waals surface area contributed by atoms with E-state index in [9.17, 15) is 9.90 Å². The maximum Gasteiger partial charge on any atom is 0.310 e. The Morgan fingerprint density at radius 1 is 1.39 bits per heavy atom. The van der Waals surface area contributed by atoms with Gasteiger partial charge in [0.1, 0.15) is 0 Å². The molecule has 0 aliphatic carbocycles. The predicted octanol–water partition coefficient (Wildman–Crippen LogP) is 4.88. The normalized spacial score (nSPS) is 17.9. The van der Waals surface area contributed by atoms with E-state index in [1.54, 1.807) is 18.4 Å². The summed E-state index contributed by atoms with van der Waals surface area (Å²) in [5.41, 5.74) is 1.01. The number of benzene rings is 1. The van der Waals surface area contributed by atoms with Gasteiger partial charge in [-0.05, 0) is 56.1 Å². The molecule has 3 aromatic heterocycles. The second kappa shape index (κ2) is 9.28. The number of fused-ring (bicyclic) bond motifs is 1. The number of aromatic nitrogens is 3. The Labute approximate surface area is 202 Å².